The Morgan fingerprint density at radius 3 is 2.72 bits per heavy atom. The maximum atomic E-state index is 9.39. The van der Waals surface area contributed by atoms with Gasteiger partial charge in [0.1, 0.15) is 16.2 Å². The van der Waals surface area contributed by atoms with Gasteiger partial charge in [0.05, 0.1) is 0 Å². The average Bonchev–Trinajstić information content (AvgIpc) is 2.35. The molecule has 0 spiro atoms. The number of anilines is 1. The molecule has 18 heavy (non-hydrogen) atoms. The van der Waals surface area contributed by atoms with Crippen molar-refractivity contribution in [2.45, 2.75) is 32.6 Å². The van der Waals surface area contributed by atoms with Crippen molar-refractivity contribution in [3.05, 3.63) is 16.5 Å². The number of hydrogen-bond acceptors (Lipinski definition) is 4. The molecule has 2 unspecified atom stereocenters. The van der Waals surface area contributed by atoms with Gasteiger partial charge in [0.25, 0.3) is 0 Å². The molecule has 0 bridgehead atoms. The second-order valence-corrected chi connectivity index (χ2v) is 5.80. The highest BCUT2D eigenvalue weighted by molar-refractivity contribution is 9.10. The number of aliphatic hydroxyl groups is 1. The third-order valence-electron chi connectivity index (χ3n) is 3.65. The van der Waals surface area contributed by atoms with Crippen LogP contribution in [0.5, 0.6) is 0 Å². The van der Waals surface area contributed by atoms with E-state index in [1.807, 2.05) is 13.0 Å². The molecule has 0 aliphatic heterocycles. The molecule has 1 aliphatic rings. The maximum absolute atomic E-state index is 9.39. The van der Waals surface area contributed by atoms with Crippen LogP contribution in [0.15, 0.2) is 10.7 Å². The van der Waals surface area contributed by atoms with Gasteiger partial charge < -0.3 is 10.4 Å². The first-order valence-electron chi connectivity index (χ1n) is 6.55. The number of nitrogens with zero attached hydrogens (tertiary/aromatic N) is 2. The molecule has 1 aliphatic carbocycles. The lowest BCUT2D eigenvalue weighted by atomic mass is 9.79. The van der Waals surface area contributed by atoms with Crippen molar-refractivity contribution in [2.24, 2.45) is 11.8 Å². The van der Waals surface area contributed by atoms with Gasteiger partial charge in [-0.25, -0.2) is 9.97 Å². The number of rotatable bonds is 4. The Bertz CT molecular complexity index is 380. The van der Waals surface area contributed by atoms with Crippen LogP contribution >= 0.6 is 15.9 Å². The van der Waals surface area contributed by atoms with Crippen LogP contribution in [0.4, 0.5) is 5.82 Å². The second-order valence-electron chi connectivity index (χ2n) is 4.99. The molecule has 1 heterocycles. The van der Waals surface area contributed by atoms with Crippen molar-refractivity contribution in [2.75, 3.05) is 18.5 Å². The third-order valence-corrected chi connectivity index (χ3v) is 4.06. The monoisotopic (exact) mass is 313 g/mol. The summed E-state index contributed by atoms with van der Waals surface area (Å²) in [6, 6.07) is 1.89. The Hall–Kier alpha value is -0.680. The van der Waals surface area contributed by atoms with Crippen molar-refractivity contribution in [3.8, 4) is 0 Å². The van der Waals surface area contributed by atoms with E-state index in [0.29, 0.717) is 18.4 Å². The largest absolute Gasteiger partial charge is 0.396 e. The number of aryl methyl sites for hydroxylation is 1. The zero-order valence-electron chi connectivity index (χ0n) is 10.7. The molecule has 0 saturated heterocycles. The van der Waals surface area contributed by atoms with E-state index in [1.165, 1.54) is 19.3 Å². The highest BCUT2D eigenvalue weighted by Gasteiger charge is 2.24. The van der Waals surface area contributed by atoms with Crippen molar-refractivity contribution >= 4 is 21.7 Å². The van der Waals surface area contributed by atoms with E-state index in [4.69, 9.17) is 0 Å². The van der Waals surface area contributed by atoms with Crippen molar-refractivity contribution in [1.29, 1.82) is 0 Å². The molecule has 4 nitrogen and oxygen atoms in total. The summed E-state index contributed by atoms with van der Waals surface area (Å²) >= 11 is 3.37. The first-order valence-corrected chi connectivity index (χ1v) is 7.34. The number of halogens is 1. The Balaban J connectivity index is 1.93. The summed E-state index contributed by atoms with van der Waals surface area (Å²) in [5.74, 6) is 2.61. The minimum absolute atomic E-state index is 0.304. The number of hydrogen-bond donors (Lipinski definition) is 2. The molecule has 0 aromatic carbocycles. The molecule has 0 amide bonds. The Labute approximate surface area is 116 Å². The summed E-state index contributed by atoms with van der Waals surface area (Å²) in [6.07, 6.45) is 4.87. The van der Waals surface area contributed by atoms with Crippen LogP contribution in [-0.4, -0.2) is 28.2 Å². The van der Waals surface area contributed by atoms with Crippen LogP contribution in [-0.2, 0) is 0 Å². The fourth-order valence-electron chi connectivity index (χ4n) is 2.65. The lowest BCUT2D eigenvalue weighted by Crippen LogP contribution is -2.28. The molecule has 5 heteroatoms. The summed E-state index contributed by atoms with van der Waals surface area (Å²) in [4.78, 5) is 8.54. The van der Waals surface area contributed by atoms with Gasteiger partial charge in [0, 0.05) is 19.2 Å². The first-order chi connectivity index (χ1) is 8.69. The van der Waals surface area contributed by atoms with Crippen LogP contribution in [0.25, 0.3) is 0 Å². The molecular weight excluding hydrogens is 294 g/mol. The summed E-state index contributed by atoms with van der Waals surface area (Å²) < 4.78 is 0.805. The molecule has 1 fully saturated rings. The minimum atomic E-state index is 0.304. The van der Waals surface area contributed by atoms with E-state index in [2.05, 4.69) is 31.2 Å². The Morgan fingerprint density at radius 1 is 1.33 bits per heavy atom. The molecule has 1 aromatic rings. The Morgan fingerprint density at radius 2 is 2.06 bits per heavy atom. The lowest BCUT2D eigenvalue weighted by molar-refractivity contribution is 0.141. The summed E-state index contributed by atoms with van der Waals surface area (Å²) in [7, 11) is 0. The van der Waals surface area contributed by atoms with Crippen LogP contribution in [0.1, 0.15) is 31.5 Å². The van der Waals surface area contributed by atoms with Crippen LogP contribution in [0.2, 0.25) is 0 Å². The molecule has 2 N–H and O–H groups in total. The average molecular weight is 314 g/mol. The highest BCUT2D eigenvalue weighted by atomic mass is 79.9. The normalized spacial score (nSPS) is 23.9. The quantitative estimate of drug-likeness (QED) is 0.839. The SMILES string of the molecule is Cc1nc(Br)cc(NCC2CCCCC2CO)n1. The van der Waals surface area contributed by atoms with E-state index in [-0.39, 0.29) is 0 Å². The summed E-state index contributed by atoms with van der Waals surface area (Å²) in [5, 5.41) is 12.8. The zero-order chi connectivity index (χ0) is 13.0. The molecular formula is C13H20BrN3O. The highest BCUT2D eigenvalue weighted by Crippen LogP contribution is 2.29. The van der Waals surface area contributed by atoms with Crippen LogP contribution in [0.3, 0.4) is 0 Å². The first kappa shape index (κ1) is 13.7. The lowest BCUT2D eigenvalue weighted by Gasteiger charge is -2.30. The van der Waals surface area contributed by atoms with E-state index in [9.17, 15) is 5.11 Å². The molecule has 0 radical (unpaired) electrons. The van der Waals surface area contributed by atoms with Gasteiger partial charge in [0.2, 0.25) is 0 Å². The molecule has 2 atom stereocenters. The van der Waals surface area contributed by atoms with E-state index >= 15 is 0 Å². The van der Waals surface area contributed by atoms with Gasteiger partial charge in [-0.05, 0) is 47.5 Å². The van der Waals surface area contributed by atoms with Gasteiger partial charge in [-0.2, -0.15) is 0 Å². The van der Waals surface area contributed by atoms with Gasteiger partial charge in [-0.3, -0.25) is 0 Å². The van der Waals surface area contributed by atoms with Gasteiger partial charge >= 0.3 is 0 Å². The zero-order valence-corrected chi connectivity index (χ0v) is 12.3. The fourth-order valence-corrected chi connectivity index (χ4v) is 3.12. The van der Waals surface area contributed by atoms with Gasteiger partial charge in [-0.1, -0.05) is 12.8 Å². The van der Waals surface area contributed by atoms with Crippen molar-refractivity contribution in [1.82, 2.24) is 9.97 Å². The third kappa shape index (κ3) is 3.65. The van der Waals surface area contributed by atoms with Crippen LogP contribution in [0, 0.1) is 18.8 Å². The predicted molar refractivity (Wildman–Crippen MR) is 75.5 cm³/mol. The summed E-state index contributed by atoms with van der Waals surface area (Å²) in [6.45, 7) is 3.07. The van der Waals surface area contributed by atoms with Crippen LogP contribution < -0.4 is 5.32 Å². The molecule has 2 rings (SSSR count). The standard InChI is InChI=1S/C13H20BrN3O/c1-9-16-12(14)6-13(17-9)15-7-10-4-2-3-5-11(10)8-18/h6,10-11,18H,2-5,7-8H2,1H3,(H,15,16,17). The van der Waals surface area contributed by atoms with E-state index in [1.54, 1.807) is 0 Å². The second kappa shape index (κ2) is 6.48. The molecule has 100 valence electrons. The van der Waals surface area contributed by atoms with E-state index in [0.717, 1.165) is 29.2 Å². The topological polar surface area (TPSA) is 58.0 Å². The molecule has 1 saturated carbocycles. The maximum Gasteiger partial charge on any atom is 0.130 e. The van der Waals surface area contributed by atoms with Crippen molar-refractivity contribution in [3.63, 3.8) is 0 Å². The summed E-state index contributed by atoms with van der Waals surface area (Å²) in [5.41, 5.74) is 0. The van der Waals surface area contributed by atoms with E-state index < -0.39 is 0 Å². The number of aromatic nitrogens is 2. The van der Waals surface area contributed by atoms with Gasteiger partial charge in [0.15, 0.2) is 0 Å². The fraction of sp³-hybridized carbons (Fsp3) is 0.692. The Kier molecular flexibility index (Phi) is 4.95. The van der Waals surface area contributed by atoms with Crippen molar-refractivity contribution < 1.29 is 5.11 Å². The van der Waals surface area contributed by atoms with Gasteiger partial charge in [-0.15, -0.1) is 0 Å². The minimum Gasteiger partial charge on any atom is -0.396 e. The number of nitrogens with one attached hydrogen (secondary N) is 1. The smallest absolute Gasteiger partial charge is 0.130 e. The predicted octanol–water partition coefficient (Wildman–Crippen LogP) is 2.76. The molecule has 1 aromatic heterocycles. The number of aliphatic hydroxyl groups excluding tert-OH is 1.